The van der Waals surface area contributed by atoms with Gasteiger partial charge in [-0.2, -0.15) is 9.61 Å². The number of rotatable bonds is 5. The summed E-state index contributed by atoms with van der Waals surface area (Å²) in [6.07, 6.45) is 0. The van der Waals surface area contributed by atoms with Crippen molar-refractivity contribution in [2.75, 3.05) is 7.11 Å². The Morgan fingerprint density at radius 2 is 1.93 bits per heavy atom. The van der Waals surface area contributed by atoms with E-state index in [2.05, 4.69) is 39.1 Å². The van der Waals surface area contributed by atoms with Crippen LogP contribution in [0.15, 0.2) is 58.1 Å². The molecule has 3 aromatic heterocycles. The molecule has 136 valence electrons. The molecular formula is C19H16N4O3S. The van der Waals surface area contributed by atoms with Gasteiger partial charge in [-0.15, -0.1) is 10.2 Å². The number of carbonyl (C=O) groups excluding carboxylic acids is 1. The first-order chi connectivity index (χ1) is 13.1. The highest BCUT2D eigenvalue weighted by Crippen LogP contribution is 2.24. The third-order valence-corrected chi connectivity index (χ3v) is 4.91. The standard InChI is InChI=1S/C19H16N4O3S/c1-12-3-5-13(6-4-12)15-8-10-17-20-21-19(23(17)22-15)27-11-14-7-9-16(26-14)18(24)25-2/h3-10H,11H2,1-2H3. The first kappa shape index (κ1) is 17.3. The van der Waals surface area contributed by atoms with Gasteiger partial charge in [0.1, 0.15) is 5.76 Å². The van der Waals surface area contributed by atoms with Crippen molar-refractivity contribution in [3.8, 4) is 11.3 Å². The zero-order valence-electron chi connectivity index (χ0n) is 14.7. The Bertz CT molecular complexity index is 1100. The Hall–Kier alpha value is -3.13. The fraction of sp³-hybridized carbons (Fsp3) is 0.158. The second-order valence-electron chi connectivity index (χ2n) is 5.88. The Labute approximate surface area is 159 Å². The fourth-order valence-electron chi connectivity index (χ4n) is 2.54. The lowest BCUT2D eigenvalue weighted by molar-refractivity contribution is 0.0563. The Balaban J connectivity index is 1.57. The molecule has 4 aromatic rings. The van der Waals surface area contributed by atoms with Crippen LogP contribution in [0.5, 0.6) is 0 Å². The van der Waals surface area contributed by atoms with E-state index in [1.165, 1.54) is 24.4 Å². The molecule has 0 atom stereocenters. The van der Waals surface area contributed by atoms with Gasteiger partial charge in [-0.1, -0.05) is 41.6 Å². The average Bonchev–Trinajstić information content (AvgIpc) is 3.33. The van der Waals surface area contributed by atoms with Gasteiger partial charge in [-0.3, -0.25) is 0 Å². The Morgan fingerprint density at radius 1 is 1.11 bits per heavy atom. The van der Waals surface area contributed by atoms with E-state index >= 15 is 0 Å². The van der Waals surface area contributed by atoms with E-state index in [9.17, 15) is 4.79 Å². The topological polar surface area (TPSA) is 82.5 Å². The zero-order valence-corrected chi connectivity index (χ0v) is 15.6. The lowest BCUT2D eigenvalue weighted by Gasteiger charge is -2.03. The molecule has 1 aromatic carbocycles. The molecule has 0 amide bonds. The van der Waals surface area contributed by atoms with Crippen LogP contribution in [0.1, 0.15) is 21.9 Å². The van der Waals surface area contributed by atoms with Crippen LogP contribution in [0.2, 0.25) is 0 Å². The van der Waals surface area contributed by atoms with Gasteiger partial charge in [0, 0.05) is 5.56 Å². The molecule has 0 aliphatic carbocycles. The molecule has 0 aliphatic rings. The summed E-state index contributed by atoms with van der Waals surface area (Å²) in [6.45, 7) is 2.05. The van der Waals surface area contributed by atoms with E-state index in [1.54, 1.807) is 16.6 Å². The molecule has 0 saturated heterocycles. The summed E-state index contributed by atoms with van der Waals surface area (Å²) in [4.78, 5) is 11.5. The van der Waals surface area contributed by atoms with E-state index in [-0.39, 0.29) is 5.76 Å². The number of furan rings is 1. The number of ether oxygens (including phenoxy) is 1. The number of esters is 1. The first-order valence-electron chi connectivity index (χ1n) is 8.23. The van der Waals surface area contributed by atoms with Crippen LogP contribution in [-0.2, 0) is 10.5 Å². The Kier molecular flexibility index (Phi) is 4.64. The molecule has 0 bridgehead atoms. The summed E-state index contributed by atoms with van der Waals surface area (Å²) in [5.41, 5.74) is 3.74. The van der Waals surface area contributed by atoms with Gasteiger partial charge in [0.25, 0.3) is 0 Å². The molecule has 4 rings (SSSR count). The smallest absolute Gasteiger partial charge is 0.373 e. The summed E-state index contributed by atoms with van der Waals surface area (Å²) in [5, 5.41) is 13.7. The van der Waals surface area contributed by atoms with Crippen molar-refractivity contribution >= 4 is 23.4 Å². The van der Waals surface area contributed by atoms with Crippen LogP contribution in [0.3, 0.4) is 0 Å². The number of hydrogen-bond donors (Lipinski definition) is 0. The number of hydrogen-bond acceptors (Lipinski definition) is 7. The van der Waals surface area contributed by atoms with Crippen molar-refractivity contribution in [1.82, 2.24) is 19.8 Å². The van der Waals surface area contributed by atoms with Gasteiger partial charge < -0.3 is 9.15 Å². The number of fused-ring (bicyclic) bond motifs is 1. The molecule has 0 saturated carbocycles. The lowest BCUT2D eigenvalue weighted by Crippen LogP contribution is -1.98. The van der Waals surface area contributed by atoms with Crippen molar-refractivity contribution < 1.29 is 13.9 Å². The van der Waals surface area contributed by atoms with Crippen LogP contribution < -0.4 is 0 Å². The third-order valence-electron chi connectivity index (χ3n) is 3.97. The van der Waals surface area contributed by atoms with E-state index in [0.29, 0.717) is 22.3 Å². The van der Waals surface area contributed by atoms with Crippen molar-refractivity contribution in [2.24, 2.45) is 0 Å². The molecule has 0 N–H and O–H groups in total. The van der Waals surface area contributed by atoms with Gasteiger partial charge in [0.15, 0.2) is 5.65 Å². The fourth-order valence-corrected chi connectivity index (χ4v) is 3.32. The number of aromatic nitrogens is 4. The molecule has 0 spiro atoms. The molecule has 0 aliphatic heterocycles. The van der Waals surface area contributed by atoms with Gasteiger partial charge >= 0.3 is 5.97 Å². The third kappa shape index (κ3) is 3.56. The lowest BCUT2D eigenvalue weighted by atomic mass is 10.1. The van der Waals surface area contributed by atoms with Crippen molar-refractivity contribution in [3.05, 3.63) is 65.6 Å². The van der Waals surface area contributed by atoms with Crippen LogP contribution in [0, 0.1) is 6.92 Å². The van der Waals surface area contributed by atoms with E-state index in [0.717, 1.165) is 11.3 Å². The van der Waals surface area contributed by atoms with Crippen molar-refractivity contribution in [2.45, 2.75) is 17.8 Å². The summed E-state index contributed by atoms with van der Waals surface area (Å²) < 4.78 is 11.8. The molecule has 27 heavy (non-hydrogen) atoms. The van der Waals surface area contributed by atoms with Crippen molar-refractivity contribution in [3.63, 3.8) is 0 Å². The van der Waals surface area contributed by atoms with Crippen LogP contribution in [0.4, 0.5) is 0 Å². The van der Waals surface area contributed by atoms with Gasteiger partial charge in [0.2, 0.25) is 10.9 Å². The van der Waals surface area contributed by atoms with E-state index in [4.69, 9.17) is 4.42 Å². The second kappa shape index (κ2) is 7.24. The average molecular weight is 380 g/mol. The van der Waals surface area contributed by atoms with Gasteiger partial charge in [0.05, 0.1) is 18.6 Å². The molecule has 0 fully saturated rings. The maximum absolute atomic E-state index is 11.5. The Morgan fingerprint density at radius 3 is 2.70 bits per heavy atom. The molecular weight excluding hydrogens is 364 g/mol. The number of methoxy groups -OCH3 is 1. The summed E-state index contributed by atoms with van der Waals surface area (Å²) in [5.74, 6) is 0.822. The minimum Gasteiger partial charge on any atom is -0.463 e. The number of aryl methyl sites for hydroxylation is 1. The normalized spacial score (nSPS) is 11.0. The van der Waals surface area contributed by atoms with Crippen LogP contribution >= 0.6 is 11.8 Å². The minimum atomic E-state index is -0.497. The monoisotopic (exact) mass is 380 g/mol. The number of benzene rings is 1. The van der Waals surface area contributed by atoms with E-state index < -0.39 is 5.97 Å². The number of carbonyl (C=O) groups is 1. The summed E-state index contributed by atoms with van der Waals surface area (Å²) in [7, 11) is 1.32. The second-order valence-corrected chi connectivity index (χ2v) is 6.83. The maximum atomic E-state index is 11.5. The zero-order chi connectivity index (χ0) is 18.8. The molecule has 0 radical (unpaired) electrons. The van der Waals surface area contributed by atoms with Crippen molar-refractivity contribution in [1.29, 1.82) is 0 Å². The molecule has 8 heteroatoms. The highest BCUT2D eigenvalue weighted by Gasteiger charge is 2.14. The summed E-state index contributed by atoms with van der Waals surface area (Å²) in [6, 6.07) is 15.3. The number of nitrogens with zero attached hydrogens (tertiary/aromatic N) is 4. The quantitative estimate of drug-likeness (QED) is 0.385. The van der Waals surface area contributed by atoms with E-state index in [1.807, 2.05) is 24.3 Å². The van der Waals surface area contributed by atoms with Crippen LogP contribution in [-0.4, -0.2) is 32.9 Å². The van der Waals surface area contributed by atoms with Gasteiger partial charge in [-0.25, -0.2) is 4.79 Å². The first-order valence-corrected chi connectivity index (χ1v) is 9.22. The summed E-state index contributed by atoms with van der Waals surface area (Å²) >= 11 is 1.43. The maximum Gasteiger partial charge on any atom is 0.373 e. The largest absolute Gasteiger partial charge is 0.463 e. The number of thioether (sulfide) groups is 1. The predicted octanol–water partition coefficient (Wildman–Crippen LogP) is 3.77. The molecule has 0 unspecified atom stereocenters. The molecule has 3 heterocycles. The molecule has 7 nitrogen and oxygen atoms in total. The predicted molar refractivity (Wildman–Crippen MR) is 101 cm³/mol. The van der Waals surface area contributed by atoms with Crippen LogP contribution in [0.25, 0.3) is 16.9 Å². The highest BCUT2D eigenvalue weighted by atomic mass is 32.2. The highest BCUT2D eigenvalue weighted by molar-refractivity contribution is 7.98. The van der Waals surface area contributed by atoms with Gasteiger partial charge in [-0.05, 0) is 31.2 Å². The minimum absolute atomic E-state index is 0.180. The SMILES string of the molecule is COC(=O)c1ccc(CSc2nnc3ccc(-c4ccc(C)cc4)nn23)o1.